The summed E-state index contributed by atoms with van der Waals surface area (Å²) in [5.74, 6) is 0.485. The molecule has 15 heavy (non-hydrogen) atoms. The van der Waals surface area contributed by atoms with Crippen molar-refractivity contribution in [3.63, 3.8) is 0 Å². The van der Waals surface area contributed by atoms with E-state index in [1.165, 1.54) is 12.1 Å². The van der Waals surface area contributed by atoms with Crippen LogP contribution >= 0.6 is 0 Å². The van der Waals surface area contributed by atoms with Gasteiger partial charge in [-0.3, -0.25) is 0 Å². The van der Waals surface area contributed by atoms with E-state index in [4.69, 9.17) is 4.74 Å². The van der Waals surface area contributed by atoms with Crippen molar-refractivity contribution in [2.75, 3.05) is 13.2 Å². The molecule has 0 aliphatic carbocycles. The Kier molecular flexibility index (Phi) is 2.18. The lowest BCUT2D eigenvalue weighted by atomic mass is 9.99. The molecule has 0 amide bonds. The highest BCUT2D eigenvalue weighted by molar-refractivity contribution is 5.40. The molecule has 2 aromatic rings. The highest BCUT2D eigenvalue weighted by atomic mass is 16.5. The standard InChI is InChI=1S/C12H14N2O/c1-2-6-14-8-11(13-12(14)5-1)10-4-3-7-15-9-10/h1-2,5-6,8,10H,3-4,7,9H2. The minimum Gasteiger partial charge on any atom is -0.381 e. The molecular weight excluding hydrogens is 188 g/mol. The summed E-state index contributed by atoms with van der Waals surface area (Å²) in [4.78, 5) is 4.62. The summed E-state index contributed by atoms with van der Waals surface area (Å²) in [6.07, 6.45) is 6.51. The third-order valence-electron chi connectivity index (χ3n) is 2.96. The monoisotopic (exact) mass is 202 g/mol. The first-order chi connectivity index (χ1) is 7.43. The van der Waals surface area contributed by atoms with Gasteiger partial charge in [0.05, 0.1) is 12.3 Å². The highest BCUT2D eigenvalue weighted by Gasteiger charge is 2.18. The van der Waals surface area contributed by atoms with Gasteiger partial charge in [0.25, 0.3) is 0 Å². The number of hydrogen-bond donors (Lipinski definition) is 0. The van der Waals surface area contributed by atoms with Crippen LogP contribution in [0, 0.1) is 0 Å². The first-order valence-corrected chi connectivity index (χ1v) is 5.45. The molecule has 78 valence electrons. The molecule has 1 saturated heterocycles. The Morgan fingerprint density at radius 3 is 3.20 bits per heavy atom. The number of pyridine rings is 1. The van der Waals surface area contributed by atoms with E-state index in [9.17, 15) is 0 Å². The second kappa shape index (κ2) is 3.66. The predicted octanol–water partition coefficient (Wildman–Crippen LogP) is 2.23. The van der Waals surface area contributed by atoms with E-state index in [0.29, 0.717) is 5.92 Å². The van der Waals surface area contributed by atoms with Gasteiger partial charge in [-0.15, -0.1) is 0 Å². The molecule has 3 heterocycles. The lowest BCUT2D eigenvalue weighted by molar-refractivity contribution is 0.0794. The number of hydrogen-bond acceptors (Lipinski definition) is 2. The van der Waals surface area contributed by atoms with Crippen molar-refractivity contribution in [1.29, 1.82) is 0 Å². The molecule has 3 heteroatoms. The SMILES string of the molecule is c1ccn2cc(C3CCCOC3)nc2c1. The zero-order valence-corrected chi connectivity index (χ0v) is 8.60. The van der Waals surface area contributed by atoms with Crippen LogP contribution in [0.2, 0.25) is 0 Å². The topological polar surface area (TPSA) is 26.5 Å². The second-order valence-electron chi connectivity index (χ2n) is 4.05. The molecule has 0 spiro atoms. The van der Waals surface area contributed by atoms with Gasteiger partial charge in [0.15, 0.2) is 0 Å². The zero-order chi connectivity index (χ0) is 10.1. The molecule has 1 aliphatic rings. The van der Waals surface area contributed by atoms with Crippen molar-refractivity contribution < 1.29 is 4.74 Å². The van der Waals surface area contributed by atoms with Crippen molar-refractivity contribution in [2.24, 2.45) is 0 Å². The fourth-order valence-corrected chi connectivity index (χ4v) is 2.12. The van der Waals surface area contributed by atoms with E-state index in [2.05, 4.69) is 15.6 Å². The Labute approximate surface area is 88.7 Å². The highest BCUT2D eigenvalue weighted by Crippen LogP contribution is 2.24. The summed E-state index contributed by atoms with van der Waals surface area (Å²) in [5, 5.41) is 0. The normalized spacial score (nSPS) is 22.0. The summed E-state index contributed by atoms with van der Waals surface area (Å²) in [7, 11) is 0. The van der Waals surface area contributed by atoms with Gasteiger partial charge >= 0.3 is 0 Å². The minimum atomic E-state index is 0.485. The summed E-state index contributed by atoms with van der Waals surface area (Å²) in [6.45, 7) is 1.73. The maximum absolute atomic E-state index is 5.48. The van der Waals surface area contributed by atoms with Crippen molar-refractivity contribution >= 4 is 5.65 Å². The van der Waals surface area contributed by atoms with E-state index in [1.807, 2.05) is 24.4 Å². The van der Waals surface area contributed by atoms with Crippen molar-refractivity contribution in [1.82, 2.24) is 9.38 Å². The fourth-order valence-electron chi connectivity index (χ4n) is 2.12. The number of aromatic nitrogens is 2. The molecule has 3 rings (SSSR count). The number of ether oxygens (including phenoxy) is 1. The van der Waals surface area contributed by atoms with Crippen LogP contribution in [-0.4, -0.2) is 22.6 Å². The largest absolute Gasteiger partial charge is 0.381 e. The van der Waals surface area contributed by atoms with Gasteiger partial charge in [0.1, 0.15) is 5.65 Å². The molecular formula is C12H14N2O. The molecule has 1 fully saturated rings. The third kappa shape index (κ3) is 1.63. The molecule has 0 N–H and O–H groups in total. The van der Waals surface area contributed by atoms with E-state index < -0.39 is 0 Å². The van der Waals surface area contributed by atoms with Gasteiger partial charge in [-0.25, -0.2) is 4.98 Å². The van der Waals surface area contributed by atoms with E-state index in [-0.39, 0.29) is 0 Å². The molecule has 1 aliphatic heterocycles. The van der Waals surface area contributed by atoms with Gasteiger partial charge in [-0.05, 0) is 25.0 Å². The Morgan fingerprint density at radius 2 is 2.40 bits per heavy atom. The predicted molar refractivity (Wildman–Crippen MR) is 58.0 cm³/mol. The molecule has 0 bridgehead atoms. The average molecular weight is 202 g/mol. The minimum absolute atomic E-state index is 0.485. The Hall–Kier alpha value is -1.35. The smallest absolute Gasteiger partial charge is 0.136 e. The third-order valence-corrected chi connectivity index (χ3v) is 2.96. The zero-order valence-electron chi connectivity index (χ0n) is 8.60. The maximum Gasteiger partial charge on any atom is 0.136 e. The van der Waals surface area contributed by atoms with Crippen molar-refractivity contribution in [3.8, 4) is 0 Å². The molecule has 0 saturated carbocycles. The van der Waals surface area contributed by atoms with Crippen LogP contribution in [0.5, 0.6) is 0 Å². The van der Waals surface area contributed by atoms with Crippen LogP contribution in [0.4, 0.5) is 0 Å². The van der Waals surface area contributed by atoms with Gasteiger partial charge in [0.2, 0.25) is 0 Å². The molecule has 2 aromatic heterocycles. The summed E-state index contributed by atoms with van der Waals surface area (Å²) >= 11 is 0. The van der Waals surface area contributed by atoms with Crippen molar-refractivity contribution in [3.05, 3.63) is 36.3 Å². The van der Waals surface area contributed by atoms with Crippen LogP contribution in [0.3, 0.4) is 0 Å². The fraction of sp³-hybridized carbons (Fsp3) is 0.417. The van der Waals surface area contributed by atoms with Crippen LogP contribution in [-0.2, 0) is 4.74 Å². The Morgan fingerprint density at radius 1 is 1.40 bits per heavy atom. The number of nitrogens with zero attached hydrogens (tertiary/aromatic N) is 2. The van der Waals surface area contributed by atoms with E-state index in [0.717, 1.165) is 25.3 Å². The lowest BCUT2D eigenvalue weighted by Crippen LogP contribution is -2.15. The molecule has 1 atom stereocenters. The summed E-state index contributed by atoms with van der Waals surface area (Å²) < 4.78 is 7.56. The Bertz CT molecular complexity index is 424. The first kappa shape index (κ1) is 8.92. The number of rotatable bonds is 1. The number of imidazole rings is 1. The molecule has 3 nitrogen and oxygen atoms in total. The molecule has 0 aromatic carbocycles. The number of fused-ring (bicyclic) bond motifs is 1. The second-order valence-corrected chi connectivity index (χ2v) is 4.05. The lowest BCUT2D eigenvalue weighted by Gasteiger charge is -2.19. The van der Waals surface area contributed by atoms with E-state index in [1.54, 1.807) is 0 Å². The Balaban J connectivity index is 1.96. The van der Waals surface area contributed by atoms with Gasteiger partial charge in [-0.1, -0.05) is 6.07 Å². The van der Waals surface area contributed by atoms with Gasteiger partial charge in [0, 0.05) is 24.9 Å². The van der Waals surface area contributed by atoms with Crippen LogP contribution in [0.1, 0.15) is 24.5 Å². The summed E-state index contributed by atoms with van der Waals surface area (Å²) in [5.41, 5.74) is 2.19. The van der Waals surface area contributed by atoms with Gasteiger partial charge < -0.3 is 9.14 Å². The van der Waals surface area contributed by atoms with Crippen molar-refractivity contribution in [2.45, 2.75) is 18.8 Å². The average Bonchev–Trinajstić information content (AvgIpc) is 2.74. The van der Waals surface area contributed by atoms with Gasteiger partial charge in [-0.2, -0.15) is 0 Å². The quantitative estimate of drug-likeness (QED) is 0.709. The summed E-state index contributed by atoms with van der Waals surface area (Å²) in [6, 6.07) is 6.08. The maximum atomic E-state index is 5.48. The molecule has 1 unspecified atom stereocenters. The van der Waals surface area contributed by atoms with Crippen LogP contribution < -0.4 is 0 Å². The van der Waals surface area contributed by atoms with E-state index >= 15 is 0 Å². The molecule has 0 radical (unpaired) electrons. The van der Waals surface area contributed by atoms with Crippen LogP contribution in [0.25, 0.3) is 5.65 Å². The van der Waals surface area contributed by atoms with Crippen LogP contribution in [0.15, 0.2) is 30.6 Å². The first-order valence-electron chi connectivity index (χ1n) is 5.45.